The first-order chi connectivity index (χ1) is 7.36. The van der Waals surface area contributed by atoms with E-state index in [1.165, 1.54) is 14.2 Å². The number of carbonyl (C=O) groups is 2. The van der Waals surface area contributed by atoms with Crippen LogP contribution in [0.1, 0.15) is 20.3 Å². The molecule has 0 spiro atoms. The summed E-state index contributed by atoms with van der Waals surface area (Å²) in [5.41, 5.74) is -0.444. The average Bonchev–Trinajstić information content (AvgIpc) is 2.25. The Kier molecular flexibility index (Phi) is 3.57. The Labute approximate surface area is 94.7 Å². The molecule has 1 N–H and O–H groups in total. The molecule has 0 heterocycles. The Bertz CT molecular complexity index is 297. The molecule has 0 aliphatic heterocycles. The van der Waals surface area contributed by atoms with Crippen molar-refractivity contribution in [1.29, 1.82) is 0 Å². The number of aliphatic hydroxyl groups excluding tert-OH is 1. The van der Waals surface area contributed by atoms with Crippen LogP contribution in [0.25, 0.3) is 0 Å². The summed E-state index contributed by atoms with van der Waals surface area (Å²) in [5.74, 6) is -1.47. The zero-order valence-corrected chi connectivity index (χ0v) is 10.0. The number of methoxy groups -OCH3 is 2. The first-order valence-corrected chi connectivity index (χ1v) is 5.20. The van der Waals surface area contributed by atoms with Gasteiger partial charge in [-0.1, -0.05) is 13.8 Å². The van der Waals surface area contributed by atoms with Crippen LogP contribution in [0.5, 0.6) is 0 Å². The van der Waals surface area contributed by atoms with Gasteiger partial charge in [0.05, 0.1) is 20.1 Å². The second-order valence-corrected chi connectivity index (χ2v) is 4.71. The highest BCUT2D eigenvalue weighted by atomic mass is 16.5. The summed E-state index contributed by atoms with van der Waals surface area (Å²) >= 11 is 0. The zero-order valence-electron chi connectivity index (χ0n) is 10.0. The van der Waals surface area contributed by atoms with Gasteiger partial charge in [-0.25, -0.2) is 4.79 Å². The third-order valence-corrected chi connectivity index (χ3v) is 3.65. The Morgan fingerprint density at radius 1 is 1.31 bits per heavy atom. The largest absolute Gasteiger partial charge is 0.469 e. The second kappa shape index (κ2) is 4.41. The van der Waals surface area contributed by atoms with E-state index in [-0.39, 0.29) is 17.8 Å². The van der Waals surface area contributed by atoms with E-state index < -0.39 is 17.5 Å². The van der Waals surface area contributed by atoms with Gasteiger partial charge in [-0.3, -0.25) is 4.79 Å². The molecule has 5 heteroatoms. The molecule has 92 valence electrons. The summed E-state index contributed by atoms with van der Waals surface area (Å²) in [6, 6.07) is 0. The zero-order chi connectivity index (χ0) is 12.5. The number of esters is 2. The normalized spacial score (nSPS) is 28.8. The topological polar surface area (TPSA) is 72.8 Å². The molecule has 0 bridgehead atoms. The molecule has 3 atom stereocenters. The van der Waals surface area contributed by atoms with Gasteiger partial charge >= 0.3 is 11.9 Å². The molecule has 0 saturated heterocycles. The van der Waals surface area contributed by atoms with Gasteiger partial charge in [-0.15, -0.1) is 0 Å². The van der Waals surface area contributed by atoms with Crippen LogP contribution in [0.3, 0.4) is 0 Å². The van der Waals surface area contributed by atoms with Crippen molar-refractivity contribution < 1.29 is 24.2 Å². The molecule has 16 heavy (non-hydrogen) atoms. The maximum atomic E-state index is 11.4. The minimum Gasteiger partial charge on any atom is -0.469 e. The minimum absolute atomic E-state index is 0.260. The molecule has 0 aromatic carbocycles. The number of rotatable bonds is 3. The Morgan fingerprint density at radius 2 is 1.88 bits per heavy atom. The van der Waals surface area contributed by atoms with E-state index in [9.17, 15) is 14.7 Å². The van der Waals surface area contributed by atoms with Crippen LogP contribution < -0.4 is 0 Å². The lowest BCUT2D eigenvalue weighted by Gasteiger charge is -2.51. The Morgan fingerprint density at radius 3 is 2.25 bits per heavy atom. The molecule has 1 aliphatic carbocycles. The number of carbonyl (C=O) groups excluding carboxylic acids is 2. The molecule has 1 rings (SSSR count). The highest BCUT2D eigenvalue weighted by Gasteiger charge is 2.56. The highest BCUT2D eigenvalue weighted by Crippen LogP contribution is 2.53. The molecule has 0 radical (unpaired) electrons. The summed E-state index contributed by atoms with van der Waals surface area (Å²) in [5, 5.41) is 9.72. The standard InChI is InChI=1S/C11H18O5/c1-11(2)6(8(12)10(14)16-4)5-7(11)9(13)15-3/h6-8,12H,5H2,1-4H3/t6-,7-,8-/m0/s1. The fourth-order valence-electron chi connectivity index (χ4n) is 2.32. The van der Waals surface area contributed by atoms with E-state index in [0.29, 0.717) is 6.42 Å². The highest BCUT2D eigenvalue weighted by molar-refractivity contribution is 5.78. The predicted molar refractivity (Wildman–Crippen MR) is 55.4 cm³/mol. The van der Waals surface area contributed by atoms with Crippen LogP contribution in [-0.2, 0) is 19.1 Å². The van der Waals surface area contributed by atoms with Crippen LogP contribution in [0.15, 0.2) is 0 Å². The number of ether oxygens (including phenoxy) is 2. The first-order valence-electron chi connectivity index (χ1n) is 5.20. The fraction of sp³-hybridized carbons (Fsp3) is 0.818. The smallest absolute Gasteiger partial charge is 0.334 e. The summed E-state index contributed by atoms with van der Waals surface area (Å²) in [6.07, 6.45) is -0.712. The Hall–Kier alpha value is -1.10. The van der Waals surface area contributed by atoms with Crippen molar-refractivity contribution >= 4 is 11.9 Å². The SMILES string of the molecule is COC(=O)[C@@H](O)[C@@H]1C[C@@H](C(=O)OC)C1(C)C. The molecule has 1 fully saturated rings. The quantitative estimate of drug-likeness (QED) is 0.708. The number of hydrogen-bond acceptors (Lipinski definition) is 5. The summed E-state index contributed by atoms with van der Waals surface area (Å²) < 4.78 is 9.15. The van der Waals surface area contributed by atoms with E-state index in [0.717, 1.165) is 0 Å². The van der Waals surface area contributed by atoms with Crippen LogP contribution >= 0.6 is 0 Å². The molecular weight excluding hydrogens is 212 g/mol. The van der Waals surface area contributed by atoms with Crippen LogP contribution in [0, 0.1) is 17.3 Å². The third kappa shape index (κ3) is 1.91. The van der Waals surface area contributed by atoms with Crippen molar-refractivity contribution in [3.05, 3.63) is 0 Å². The summed E-state index contributed by atoms with van der Waals surface area (Å²) in [6.45, 7) is 3.68. The monoisotopic (exact) mass is 230 g/mol. The lowest BCUT2D eigenvalue weighted by Crippen LogP contribution is -2.55. The predicted octanol–water partition coefficient (Wildman–Crippen LogP) is 0.356. The fourth-order valence-corrected chi connectivity index (χ4v) is 2.32. The number of aliphatic hydroxyl groups is 1. The first kappa shape index (κ1) is 13.0. The van der Waals surface area contributed by atoms with Crippen molar-refractivity contribution in [1.82, 2.24) is 0 Å². The molecule has 0 unspecified atom stereocenters. The molecule has 1 saturated carbocycles. The molecular formula is C11H18O5. The van der Waals surface area contributed by atoms with Crippen LogP contribution in [-0.4, -0.2) is 37.4 Å². The van der Waals surface area contributed by atoms with Crippen molar-refractivity contribution in [3.63, 3.8) is 0 Å². The van der Waals surface area contributed by atoms with Gasteiger partial charge in [-0.2, -0.15) is 0 Å². The van der Waals surface area contributed by atoms with E-state index in [1.54, 1.807) is 0 Å². The van der Waals surface area contributed by atoms with E-state index in [1.807, 2.05) is 13.8 Å². The van der Waals surface area contributed by atoms with E-state index in [2.05, 4.69) is 9.47 Å². The van der Waals surface area contributed by atoms with Gasteiger partial charge < -0.3 is 14.6 Å². The third-order valence-electron chi connectivity index (χ3n) is 3.65. The van der Waals surface area contributed by atoms with Gasteiger partial charge in [-0.05, 0) is 11.8 Å². The molecule has 1 aliphatic rings. The second-order valence-electron chi connectivity index (χ2n) is 4.71. The van der Waals surface area contributed by atoms with E-state index >= 15 is 0 Å². The van der Waals surface area contributed by atoms with Gasteiger partial charge in [0.1, 0.15) is 0 Å². The summed E-state index contributed by atoms with van der Waals surface area (Å²) in [4.78, 5) is 22.6. The van der Waals surface area contributed by atoms with E-state index in [4.69, 9.17) is 0 Å². The van der Waals surface area contributed by atoms with Crippen molar-refractivity contribution in [2.24, 2.45) is 17.3 Å². The van der Waals surface area contributed by atoms with Crippen LogP contribution in [0.4, 0.5) is 0 Å². The lowest BCUT2D eigenvalue weighted by atomic mass is 9.53. The average molecular weight is 230 g/mol. The van der Waals surface area contributed by atoms with Gasteiger partial charge in [0.25, 0.3) is 0 Å². The van der Waals surface area contributed by atoms with Crippen molar-refractivity contribution in [2.75, 3.05) is 14.2 Å². The molecule has 0 aromatic rings. The van der Waals surface area contributed by atoms with Gasteiger partial charge in [0.2, 0.25) is 0 Å². The lowest BCUT2D eigenvalue weighted by molar-refractivity contribution is -0.181. The molecule has 0 amide bonds. The van der Waals surface area contributed by atoms with Crippen molar-refractivity contribution in [3.8, 4) is 0 Å². The molecule has 0 aromatic heterocycles. The van der Waals surface area contributed by atoms with Gasteiger partial charge in [0, 0.05) is 5.92 Å². The minimum atomic E-state index is -1.17. The van der Waals surface area contributed by atoms with Gasteiger partial charge in [0.15, 0.2) is 6.10 Å². The number of hydrogen-bond donors (Lipinski definition) is 1. The maximum absolute atomic E-state index is 11.4. The van der Waals surface area contributed by atoms with Crippen molar-refractivity contribution in [2.45, 2.75) is 26.4 Å². The van der Waals surface area contributed by atoms with Crippen LogP contribution in [0.2, 0.25) is 0 Å². The summed E-state index contributed by atoms with van der Waals surface area (Å²) in [7, 11) is 2.57. The maximum Gasteiger partial charge on any atom is 0.334 e. The molecule has 5 nitrogen and oxygen atoms in total. The Balaban J connectivity index is 2.70.